The van der Waals surface area contributed by atoms with Crippen LogP contribution < -0.4 is 0 Å². The second-order valence-corrected chi connectivity index (χ2v) is 3.15. The molecule has 0 atom stereocenters. The maximum Gasteiger partial charge on any atom is 0.140 e. The van der Waals surface area contributed by atoms with E-state index in [1.807, 2.05) is 20.8 Å². The van der Waals surface area contributed by atoms with Gasteiger partial charge in [-0.2, -0.15) is 0 Å². The molecule has 0 radical (unpaired) electrons. The van der Waals surface area contributed by atoms with Gasteiger partial charge in [0.25, 0.3) is 0 Å². The number of carbonyl (C=O) groups is 1. The molecule has 0 rings (SSSR count). The lowest BCUT2D eigenvalue weighted by Gasteiger charge is -2.14. The Labute approximate surface area is 55.9 Å². The molecular formula is C7H14O2. The maximum atomic E-state index is 10.9. The van der Waals surface area contributed by atoms with Gasteiger partial charge in [-0.05, 0) is 0 Å². The summed E-state index contributed by atoms with van der Waals surface area (Å²) in [6.45, 7) is 5.52. The highest BCUT2D eigenvalue weighted by molar-refractivity contribution is 5.83. The highest BCUT2D eigenvalue weighted by Gasteiger charge is 2.19. The van der Waals surface area contributed by atoms with Crippen LogP contribution in [0.25, 0.3) is 0 Å². The third-order valence-corrected chi connectivity index (χ3v) is 1.18. The Bertz CT molecular complexity index is 100.0. The van der Waals surface area contributed by atoms with Crippen LogP contribution >= 0.6 is 0 Å². The Morgan fingerprint density at radius 2 is 1.89 bits per heavy atom. The van der Waals surface area contributed by atoms with Crippen molar-refractivity contribution in [2.24, 2.45) is 5.41 Å². The van der Waals surface area contributed by atoms with Gasteiger partial charge >= 0.3 is 0 Å². The lowest BCUT2D eigenvalue weighted by atomic mass is 9.89. The summed E-state index contributed by atoms with van der Waals surface area (Å²) in [7, 11) is 0. The quantitative estimate of drug-likeness (QED) is 0.605. The molecule has 54 valence electrons. The third-order valence-electron chi connectivity index (χ3n) is 1.18. The van der Waals surface area contributed by atoms with E-state index in [2.05, 4.69) is 0 Å². The zero-order chi connectivity index (χ0) is 7.49. The van der Waals surface area contributed by atoms with E-state index in [-0.39, 0.29) is 24.2 Å². The highest BCUT2D eigenvalue weighted by Crippen LogP contribution is 2.15. The van der Waals surface area contributed by atoms with E-state index in [9.17, 15) is 4.79 Å². The van der Waals surface area contributed by atoms with Gasteiger partial charge in [-0.15, -0.1) is 0 Å². The molecule has 0 saturated heterocycles. The van der Waals surface area contributed by atoms with Crippen molar-refractivity contribution in [3.05, 3.63) is 0 Å². The van der Waals surface area contributed by atoms with Crippen molar-refractivity contribution in [3.63, 3.8) is 0 Å². The zero-order valence-corrected chi connectivity index (χ0v) is 6.27. The normalized spacial score (nSPS) is 11.6. The summed E-state index contributed by atoms with van der Waals surface area (Å²) in [6.07, 6.45) is 0.281. The smallest absolute Gasteiger partial charge is 0.140 e. The molecule has 0 bridgehead atoms. The molecule has 0 fully saturated rings. The molecule has 0 aromatic carbocycles. The third kappa shape index (κ3) is 3.25. The van der Waals surface area contributed by atoms with Crippen molar-refractivity contribution in [2.45, 2.75) is 27.2 Å². The molecule has 0 spiro atoms. The molecule has 0 heterocycles. The molecule has 0 aliphatic rings. The molecule has 2 heteroatoms. The second-order valence-electron chi connectivity index (χ2n) is 3.15. The Morgan fingerprint density at radius 1 is 1.44 bits per heavy atom. The first-order chi connectivity index (χ1) is 3.98. The number of hydrogen-bond acceptors (Lipinski definition) is 2. The molecule has 0 unspecified atom stereocenters. The van der Waals surface area contributed by atoms with Gasteiger partial charge in [-0.3, -0.25) is 4.79 Å². The van der Waals surface area contributed by atoms with E-state index >= 15 is 0 Å². The van der Waals surface area contributed by atoms with E-state index in [0.29, 0.717) is 0 Å². The van der Waals surface area contributed by atoms with Gasteiger partial charge in [0.15, 0.2) is 0 Å². The van der Waals surface area contributed by atoms with Gasteiger partial charge in [-0.25, -0.2) is 0 Å². The van der Waals surface area contributed by atoms with Crippen LogP contribution in [0.2, 0.25) is 0 Å². The monoisotopic (exact) mass is 130 g/mol. The summed E-state index contributed by atoms with van der Waals surface area (Å²) < 4.78 is 0. The van der Waals surface area contributed by atoms with Gasteiger partial charge in [0.05, 0.1) is 0 Å². The van der Waals surface area contributed by atoms with Crippen molar-refractivity contribution in [1.82, 2.24) is 0 Å². The molecule has 0 saturated carbocycles. The average Bonchev–Trinajstić information content (AvgIpc) is 1.64. The van der Waals surface area contributed by atoms with Crippen molar-refractivity contribution in [3.8, 4) is 0 Å². The molecule has 0 aliphatic carbocycles. The van der Waals surface area contributed by atoms with Gasteiger partial charge in [0, 0.05) is 18.4 Å². The molecular weight excluding hydrogens is 116 g/mol. The number of Topliss-reactive ketones (excluding diaryl/α,β-unsaturated/α-hetero) is 1. The van der Waals surface area contributed by atoms with Crippen molar-refractivity contribution >= 4 is 5.78 Å². The SMILES string of the molecule is CC(C)(C)C(=O)CCO. The summed E-state index contributed by atoms with van der Waals surface area (Å²) in [4.78, 5) is 10.9. The number of aliphatic hydroxyl groups is 1. The van der Waals surface area contributed by atoms with Crippen LogP contribution in [0, 0.1) is 5.41 Å². The molecule has 0 amide bonds. The average molecular weight is 130 g/mol. The van der Waals surface area contributed by atoms with Crippen LogP contribution in [0.3, 0.4) is 0 Å². The summed E-state index contributed by atoms with van der Waals surface area (Å²) in [5, 5.41) is 8.38. The van der Waals surface area contributed by atoms with Crippen LogP contribution in [0.5, 0.6) is 0 Å². The van der Waals surface area contributed by atoms with Crippen LogP contribution in [0.1, 0.15) is 27.2 Å². The minimum atomic E-state index is -0.289. The van der Waals surface area contributed by atoms with Crippen molar-refractivity contribution in [1.29, 1.82) is 0 Å². The van der Waals surface area contributed by atoms with E-state index in [0.717, 1.165) is 0 Å². The summed E-state index contributed by atoms with van der Waals surface area (Å²) in [6, 6.07) is 0. The summed E-state index contributed by atoms with van der Waals surface area (Å²) in [5.41, 5.74) is -0.289. The minimum Gasteiger partial charge on any atom is -0.396 e. The Hall–Kier alpha value is -0.370. The molecule has 1 N–H and O–H groups in total. The van der Waals surface area contributed by atoms with Gasteiger partial charge < -0.3 is 5.11 Å². The number of aliphatic hydroxyl groups excluding tert-OH is 1. The second kappa shape index (κ2) is 2.97. The van der Waals surface area contributed by atoms with Gasteiger partial charge in [0.1, 0.15) is 5.78 Å². The van der Waals surface area contributed by atoms with Crippen LogP contribution in [0.15, 0.2) is 0 Å². The van der Waals surface area contributed by atoms with Crippen LogP contribution in [0.4, 0.5) is 0 Å². The molecule has 0 aromatic heterocycles. The number of rotatable bonds is 2. The van der Waals surface area contributed by atoms with Gasteiger partial charge in [0.2, 0.25) is 0 Å². The molecule has 2 nitrogen and oxygen atoms in total. The maximum absolute atomic E-state index is 10.9. The van der Waals surface area contributed by atoms with E-state index in [1.54, 1.807) is 0 Å². The Kier molecular flexibility index (Phi) is 2.85. The predicted molar refractivity (Wildman–Crippen MR) is 36.2 cm³/mol. The largest absolute Gasteiger partial charge is 0.396 e. The topological polar surface area (TPSA) is 37.3 Å². The first-order valence-corrected chi connectivity index (χ1v) is 3.12. The first-order valence-electron chi connectivity index (χ1n) is 3.12. The number of hydrogen-bond donors (Lipinski definition) is 1. The molecule has 0 aliphatic heterocycles. The minimum absolute atomic E-state index is 0.0316. The van der Waals surface area contributed by atoms with Crippen LogP contribution in [-0.4, -0.2) is 17.5 Å². The van der Waals surface area contributed by atoms with Crippen molar-refractivity contribution < 1.29 is 9.90 Å². The van der Waals surface area contributed by atoms with Crippen LogP contribution in [-0.2, 0) is 4.79 Å². The summed E-state index contributed by atoms with van der Waals surface area (Å²) >= 11 is 0. The lowest BCUT2D eigenvalue weighted by Crippen LogP contribution is -2.20. The Morgan fingerprint density at radius 3 is 2.00 bits per heavy atom. The fraction of sp³-hybridized carbons (Fsp3) is 0.857. The van der Waals surface area contributed by atoms with E-state index < -0.39 is 0 Å². The molecule has 0 aromatic rings. The fourth-order valence-electron chi connectivity index (χ4n) is 0.477. The number of carbonyl (C=O) groups excluding carboxylic acids is 1. The number of ketones is 1. The first kappa shape index (κ1) is 8.63. The zero-order valence-electron chi connectivity index (χ0n) is 6.27. The van der Waals surface area contributed by atoms with E-state index in [4.69, 9.17) is 5.11 Å². The fourth-order valence-corrected chi connectivity index (χ4v) is 0.477. The van der Waals surface area contributed by atoms with Crippen molar-refractivity contribution in [2.75, 3.05) is 6.61 Å². The molecule has 9 heavy (non-hydrogen) atoms. The predicted octanol–water partition coefficient (Wildman–Crippen LogP) is 0.984. The highest BCUT2D eigenvalue weighted by atomic mass is 16.3. The Balaban J connectivity index is 3.74. The lowest BCUT2D eigenvalue weighted by molar-refractivity contribution is -0.126. The standard InChI is InChI=1S/C7H14O2/c1-7(2,3)6(9)4-5-8/h8H,4-5H2,1-3H3. The van der Waals surface area contributed by atoms with E-state index in [1.165, 1.54) is 0 Å². The summed E-state index contributed by atoms with van der Waals surface area (Å²) in [5.74, 6) is 0.116. The van der Waals surface area contributed by atoms with Gasteiger partial charge in [-0.1, -0.05) is 20.8 Å².